The Morgan fingerprint density at radius 1 is 1.10 bits per heavy atom. The van der Waals surface area contributed by atoms with Gasteiger partial charge in [-0.3, -0.25) is 4.79 Å². The number of nitrogens with zero attached hydrogens (tertiary/aromatic N) is 2. The first-order valence-electron chi connectivity index (χ1n) is 8.96. The number of nitrogens with two attached hydrogens (primary N) is 1. The summed E-state index contributed by atoms with van der Waals surface area (Å²) in [4.78, 5) is 20.0. The maximum absolute atomic E-state index is 10.9. The number of primary amides is 1. The highest BCUT2D eigenvalue weighted by Crippen LogP contribution is 2.36. The van der Waals surface area contributed by atoms with Gasteiger partial charge in [0.05, 0.1) is 22.0 Å². The Bertz CT molecular complexity index is 1160. The zero-order valence-electron chi connectivity index (χ0n) is 15.4. The molecule has 0 saturated carbocycles. The van der Waals surface area contributed by atoms with E-state index in [2.05, 4.69) is 20.6 Å². The second kappa shape index (κ2) is 8.57. The van der Waals surface area contributed by atoms with Gasteiger partial charge in [0.25, 0.3) is 0 Å². The largest absolute Gasteiger partial charge is 0.369 e. The third-order valence-corrected chi connectivity index (χ3v) is 5.69. The molecule has 4 rings (SSSR count). The molecule has 146 valence electrons. The van der Waals surface area contributed by atoms with Crippen LogP contribution in [0.1, 0.15) is 5.01 Å². The molecule has 0 unspecified atom stereocenters. The SMILES string of the molecule is NC(=O)CNCc1nc2c(Nc3cccc(-c4ccccc4)c3Cl)nccc2s1. The van der Waals surface area contributed by atoms with Crippen molar-refractivity contribution in [3.05, 3.63) is 70.8 Å². The number of amides is 1. The smallest absolute Gasteiger partial charge is 0.231 e. The van der Waals surface area contributed by atoms with Crippen molar-refractivity contribution >= 4 is 50.6 Å². The Kier molecular flexibility index (Phi) is 5.71. The van der Waals surface area contributed by atoms with Crippen molar-refractivity contribution in [1.82, 2.24) is 15.3 Å². The normalized spacial score (nSPS) is 10.9. The quantitative estimate of drug-likeness (QED) is 0.411. The fourth-order valence-corrected chi connectivity index (χ4v) is 4.17. The Morgan fingerprint density at radius 2 is 1.93 bits per heavy atom. The lowest BCUT2D eigenvalue weighted by Gasteiger charge is -2.12. The summed E-state index contributed by atoms with van der Waals surface area (Å²) >= 11 is 8.23. The molecule has 0 aliphatic carbocycles. The van der Waals surface area contributed by atoms with Gasteiger partial charge in [0, 0.05) is 18.3 Å². The van der Waals surface area contributed by atoms with Crippen LogP contribution in [0.2, 0.25) is 5.02 Å². The van der Waals surface area contributed by atoms with E-state index >= 15 is 0 Å². The molecule has 1 amide bonds. The van der Waals surface area contributed by atoms with Crippen LogP contribution in [0.25, 0.3) is 21.3 Å². The third kappa shape index (κ3) is 4.37. The highest BCUT2D eigenvalue weighted by atomic mass is 35.5. The van der Waals surface area contributed by atoms with Crippen molar-refractivity contribution in [2.24, 2.45) is 5.73 Å². The van der Waals surface area contributed by atoms with Crippen molar-refractivity contribution in [2.45, 2.75) is 6.54 Å². The summed E-state index contributed by atoms with van der Waals surface area (Å²) in [6.07, 6.45) is 1.73. The predicted octanol–water partition coefficient (Wildman–Crippen LogP) is 4.33. The van der Waals surface area contributed by atoms with Crippen molar-refractivity contribution in [2.75, 3.05) is 11.9 Å². The summed E-state index contributed by atoms with van der Waals surface area (Å²) in [7, 11) is 0. The molecule has 0 aliphatic heterocycles. The molecular weight excluding hydrogens is 406 g/mol. The molecule has 4 aromatic rings. The van der Waals surface area contributed by atoms with Gasteiger partial charge in [0.2, 0.25) is 5.91 Å². The van der Waals surface area contributed by atoms with Gasteiger partial charge in [-0.25, -0.2) is 9.97 Å². The molecule has 4 N–H and O–H groups in total. The van der Waals surface area contributed by atoms with Gasteiger partial charge in [-0.15, -0.1) is 11.3 Å². The van der Waals surface area contributed by atoms with Gasteiger partial charge < -0.3 is 16.4 Å². The molecule has 2 aromatic carbocycles. The lowest BCUT2D eigenvalue weighted by Crippen LogP contribution is -2.27. The highest BCUT2D eigenvalue weighted by Gasteiger charge is 2.13. The van der Waals surface area contributed by atoms with E-state index in [4.69, 9.17) is 17.3 Å². The number of carbonyl (C=O) groups excluding carboxylic acids is 1. The maximum atomic E-state index is 10.9. The van der Waals surface area contributed by atoms with Crippen LogP contribution in [0.4, 0.5) is 11.5 Å². The third-order valence-electron chi connectivity index (χ3n) is 4.26. The molecular formula is C21H18ClN5OS. The van der Waals surface area contributed by atoms with Gasteiger partial charge in [-0.05, 0) is 17.7 Å². The van der Waals surface area contributed by atoms with Crippen LogP contribution in [0, 0.1) is 0 Å². The van der Waals surface area contributed by atoms with E-state index in [0.29, 0.717) is 17.4 Å². The Labute approximate surface area is 176 Å². The Morgan fingerprint density at radius 3 is 2.72 bits per heavy atom. The van der Waals surface area contributed by atoms with E-state index in [1.54, 1.807) is 6.20 Å². The van der Waals surface area contributed by atoms with E-state index < -0.39 is 5.91 Å². The van der Waals surface area contributed by atoms with E-state index in [0.717, 1.165) is 32.0 Å². The van der Waals surface area contributed by atoms with Crippen LogP contribution in [-0.2, 0) is 11.3 Å². The van der Waals surface area contributed by atoms with E-state index in [-0.39, 0.29) is 6.54 Å². The van der Waals surface area contributed by atoms with Gasteiger partial charge in [-0.2, -0.15) is 0 Å². The van der Waals surface area contributed by atoms with Crippen molar-refractivity contribution in [3.8, 4) is 11.1 Å². The number of carbonyl (C=O) groups is 1. The molecule has 2 heterocycles. The minimum atomic E-state index is -0.400. The minimum absolute atomic E-state index is 0.112. The summed E-state index contributed by atoms with van der Waals surface area (Å²) in [5.74, 6) is 0.232. The Hall–Kier alpha value is -3.00. The van der Waals surface area contributed by atoms with E-state index in [1.165, 1.54) is 11.3 Å². The van der Waals surface area contributed by atoms with Gasteiger partial charge in [0.1, 0.15) is 10.5 Å². The van der Waals surface area contributed by atoms with E-state index in [9.17, 15) is 4.79 Å². The van der Waals surface area contributed by atoms with E-state index in [1.807, 2.05) is 54.6 Å². The number of halogens is 1. The summed E-state index contributed by atoms with van der Waals surface area (Å²) < 4.78 is 0.994. The van der Waals surface area contributed by atoms with Gasteiger partial charge in [-0.1, -0.05) is 54.1 Å². The fraction of sp³-hybridized carbons (Fsp3) is 0.0952. The second-order valence-corrected chi connectivity index (χ2v) is 7.84. The molecule has 6 nitrogen and oxygen atoms in total. The second-order valence-electron chi connectivity index (χ2n) is 6.34. The van der Waals surface area contributed by atoms with Crippen LogP contribution in [0.5, 0.6) is 0 Å². The summed E-state index contributed by atoms with van der Waals surface area (Å²) in [5.41, 5.74) is 8.67. The first kappa shape index (κ1) is 19.3. The van der Waals surface area contributed by atoms with Crippen LogP contribution >= 0.6 is 22.9 Å². The summed E-state index contributed by atoms with van der Waals surface area (Å²) in [6.45, 7) is 0.577. The molecule has 0 saturated heterocycles. The van der Waals surface area contributed by atoms with Crippen molar-refractivity contribution in [1.29, 1.82) is 0 Å². The fourth-order valence-electron chi connectivity index (χ4n) is 2.96. The number of fused-ring (bicyclic) bond motifs is 1. The highest BCUT2D eigenvalue weighted by molar-refractivity contribution is 7.18. The van der Waals surface area contributed by atoms with Gasteiger partial charge in [0.15, 0.2) is 5.82 Å². The minimum Gasteiger partial charge on any atom is -0.369 e. The van der Waals surface area contributed by atoms with Crippen LogP contribution in [0.15, 0.2) is 60.8 Å². The zero-order chi connectivity index (χ0) is 20.2. The molecule has 29 heavy (non-hydrogen) atoms. The van der Waals surface area contributed by atoms with Crippen molar-refractivity contribution < 1.29 is 4.79 Å². The first-order valence-corrected chi connectivity index (χ1v) is 10.2. The van der Waals surface area contributed by atoms with Crippen LogP contribution in [0.3, 0.4) is 0 Å². The molecule has 8 heteroatoms. The molecule has 0 atom stereocenters. The zero-order valence-corrected chi connectivity index (χ0v) is 16.9. The predicted molar refractivity (Wildman–Crippen MR) is 118 cm³/mol. The number of aromatic nitrogens is 2. The van der Waals surface area contributed by atoms with Gasteiger partial charge >= 0.3 is 0 Å². The number of hydrogen-bond donors (Lipinski definition) is 3. The number of thiazole rings is 1. The number of nitrogens with one attached hydrogen (secondary N) is 2. The molecule has 0 fully saturated rings. The standard InChI is InChI=1S/C21H18ClN5OS/c22-19-14(13-5-2-1-3-6-13)7-4-8-15(19)26-21-20-16(9-10-25-21)29-18(27-20)12-24-11-17(23)28/h1-10,24H,11-12H2,(H2,23,28)(H,25,26). The topological polar surface area (TPSA) is 92.9 Å². The first-order chi connectivity index (χ1) is 14.1. The number of pyridine rings is 1. The van der Waals surface area contributed by atoms with Crippen molar-refractivity contribution in [3.63, 3.8) is 0 Å². The number of hydrogen-bond acceptors (Lipinski definition) is 6. The monoisotopic (exact) mass is 423 g/mol. The summed E-state index contributed by atoms with van der Waals surface area (Å²) in [6, 6.07) is 17.8. The average molecular weight is 424 g/mol. The number of rotatable bonds is 7. The molecule has 0 spiro atoms. The molecule has 0 radical (unpaired) electrons. The number of benzene rings is 2. The summed E-state index contributed by atoms with van der Waals surface area (Å²) in [5, 5.41) is 7.77. The number of anilines is 2. The molecule has 2 aromatic heterocycles. The van der Waals surface area contributed by atoms with Crippen LogP contribution < -0.4 is 16.4 Å². The lowest BCUT2D eigenvalue weighted by molar-refractivity contribution is -0.117. The lowest BCUT2D eigenvalue weighted by atomic mass is 10.1. The average Bonchev–Trinajstić information content (AvgIpc) is 3.14. The maximum Gasteiger partial charge on any atom is 0.231 e. The molecule has 0 bridgehead atoms. The van der Waals surface area contributed by atoms with Crippen LogP contribution in [-0.4, -0.2) is 22.4 Å². The Balaban J connectivity index is 1.63. The molecule has 0 aliphatic rings.